The van der Waals surface area contributed by atoms with Crippen molar-refractivity contribution in [3.05, 3.63) is 41.7 Å². The van der Waals surface area contributed by atoms with Crippen molar-refractivity contribution < 1.29 is 4.79 Å². The van der Waals surface area contributed by atoms with Crippen molar-refractivity contribution in [1.82, 2.24) is 30.0 Å². The van der Waals surface area contributed by atoms with E-state index in [1.165, 1.54) is 32.1 Å². The molecule has 0 bridgehead atoms. The van der Waals surface area contributed by atoms with Gasteiger partial charge in [0.25, 0.3) is 5.91 Å². The highest BCUT2D eigenvalue weighted by atomic mass is 16.2. The van der Waals surface area contributed by atoms with Crippen molar-refractivity contribution in [3.63, 3.8) is 0 Å². The first kappa shape index (κ1) is 19.1. The van der Waals surface area contributed by atoms with E-state index in [0.29, 0.717) is 17.9 Å². The Morgan fingerprint density at radius 2 is 2.04 bits per heavy atom. The van der Waals surface area contributed by atoms with Gasteiger partial charge in [-0.1, -0.05) is 19.3 Å². The summed E-state index contributed by atoms with van der Waals surface area (Å²) in [5.74, 6) is 2.32. The van der Waals surface area contributed by atoms with Gasteiger partial charge < -0.3 is 9.80 Å². The predicted molar refractivity (Wildman–Crippen MR) is 107 cm³/mol. The van der Waals surface area contributed by atoms with Crippen LogP contribution in [0.1, 0.15) is 66.6 Å². The van der Waals surface area contributed by atoms with Gasteiger partial charge >= 0.3 is 0 Å². The fourth-order valence-electron chi connectivity index (χ4n) is 4.57. The molecule has 7 nitrogen and oxygen atoms in total. The number of amides is 1. The number of pyridine rings is 1. The second kappa shape index (κ2) is 8.82. The zero-order valence-electron chi connectivity index (χ0n) is 16.7. The number of carbonyl (C=O) groups excluding carboxylic acids is 1. The molecule has 0 spiro atoms. The van der Waals surface area contributed by atoms with Crippen molar-refractivity contribution in [2.24, 2.45) is 5.92 Å². The Balaban J connectivity index is 1.52. The highest BCUT2D eigenvalue weighted by molar-refractivity contribution is 5.94. The first-order chi connectivity index (χ1) is 13.7. The van der Waals surface area contributed by atoms with E-state index in [-0.39, 0.29) is 11.9 Å². The molecular formula is C21H30N6O. The minimum Gasteiger partial charge on any atom is -0.327 e. The number of rotatable bonds is 4. The Labute approximate surface area is 166 Å². The van der Waals surface area contributed by atoms with Gasteiger partial charge in [0.1, 0.15) is 5.82 Å². The van der Waals surface area contributed by atoms with Crippen LogP contribution in [0.3, 0.4) is 0 Å². The second-order valence-electron chi connectivity index (χ2n) is 8.13. The zero-order chi connectivity index (χ0) is 19.3. The van der Waals surface area contributed by atoms with Crippen molar-refractivity contribution in [2.75, 3.05) is 26.2 Å². The SMILES string of the molecule is Cc1nc(C2CCN(CC3CCCCC3)CCN2C(=O)c2cccnc2)n[nH]1. The molecule has 3 heterocycles. The summed E-state index contributed by atoms with van der Waals surface area (Å²) in [7, 11) is 0. The third-order valence-corrected chi connectivity index (χ3v) is 6.08. The molecule has 28 heavy (non-hydrogen) atoms. The van der Waals surface area contributed by atoms with E-state index in [1.54, 1.807) is 12.4 Å². The Morgan fingerprint density at radius 3 is 2.75 bits per heavy atom. The number of aryl methyl sites for hydroxylation is 1. The molecule has 1 atom stereocenters. The van der Waals surface area contributed by atoms with Crippen LogP contribution in [0.4, 0.5) is 0 Å². The largest absolute Gasteiger partial charge is 0.327 e. The molecule has 1 N–H and O–H groups in total. The predicted octanol–water partition coefficient (Wildman–Crippen LogP) is 2.98. The fraction of sp³-hybridized carbons (Fsp3) is 0.619. The molecule has 0 aromatic carbocycles. The fourth-order valence-corrected chi connectivity index (χ4v) is 4.57. The molecule has 1 unspecified atom stereocenters. The standard InChI is InChI=1S/C21H30N6O/c1-16-23-20(25-24-16)19-9-11-26(15-17-6-3-2-4-7-17)12-13-27(19)21(28)18-8-5-10-22-14-18/h5,8,10,14,17,19H,2-4,6-7,9,11-13,15H2,1H3,(H,23,24,25). The number of hydrogen-bond acceptors (Lipinski definition) is 5. The number of nitrogens with zero attached hydrogens (tertiary/aromatic N) is 5. The van der Waals surface area contributed by atoms with Crippen LogP contribution in [0.15, 0.2) is 24.5 Å². The molecule has 2 aromatic heterocycles. The molecular weight excluding hydrogens is 352 g/mol. The molecule has 2 aliphatic rings. The topological polar surface area (TPSA) is 78.0 Å². The number of aromatic nitrogens is 4. The second-order valence-corrected chi connectivity index (χ2v) is 8.13. The molecule has 7 heteroatoms. The van der Waals surface area contributed by atoms with E-state index >= 15 is 0 Å². The van der Waals surface area contributed by atoms with Gasteiger partial charge in [-0.2, -0.15) is 5.10 Å². The van der Waals surface area contributed by atoms with Gasteiger partial charge in [-0.3, -0.25) is 14.9 Å². The zero-order valence-corrected chi connectivity index (χ0v) is 16.7. The normalized spacial score (nSPS) is 22.2. The molecule has 1 amide bonds. The molecule has 2 fully saturated rings. The van der Waals surface area contributed by atoms with Crippen LogP contribution >= 0.6 is 0 Å². The maximum atomic E-state index is 13.2. The lowest BCUT2D eigenvalue weighted by Crippen LogP contribution is -2.38. The molecule has 0 radical (unpaired) electrons. The summed E-state index contributed by atoms with van der Waals surface area (Å²) in [5.41, 5.74) is 0.625. The molecule has 150 valence electrons. The maximum absolute atomic E-state index is 13.2. The number of carbonyl (C=O) groups is 1. The van der Waals surface area contributed by atoms with Gasteiger partial charge in [-0.05, 0) is 44.2 Å². The molecule has 1 aliphatic heterocycles. The third-order valence-electron chi connectivity index (χ3n) is 6.08. The number of hydrogen-bond donors (Lipinski definition) is 1. The van der Waals surface area contributed by atoms with Crippen molar-refractivity contribution in [1.29, 1.82) is 0 Å². The van der Waals surface area contributed by atoms with E-state index in [9.17, 15) is 4.79 Å². The number of H-pyrrole nitrogens is 1. The molecule has 1 saturated carbocycles. The Morgan fingerprint density at radius 1 is 1.18 bits per heavy atom. The quantitative estimate of drug-likeness (QED) is 0.880. The summed E-state index contributed by atoms with van der Waals surface area (Å²) >= 11 is 0. The maximum Gasteiger partial charge on any atom is 0.256 e. The van der Waals surface area contributed by atoms with Crippen molar-refractivity contribution in [3.8, 4) is 0 Å². The minimum atomic E-state index is -0.103. The monoisotopic (exact) mass is 382 g/mol. The summed E-state index contributed by atoms with van der Waals surface area (Å²) in [6.45, 7) is 5.62. The molecule has 4 rings (SSSR count). The summed E-state index contributed by atoms with van der Waals surface area (Å²) in [5, 5.41) is 7.32. The average Bonchev–Trinajstić information content (AvgIpc) is 3.05. The van der Waals surface area contributed by atoms with Crippen LogP contribution in [0.25, 0.3) is 0 Å². The van der Waals surface area contributed by atoms with Crippen LogP contribution < -0.4 is 0 Å². The highest BCUT2D eigenvalue weighted by Crippen LogP contribution is 2.29. The van der Waals surface area contributed by atoms with Crippen LogP contribution in [-0.4, -0.2) is 62.1 Å². The van der Waals surface area contributed by atoms with Crippen molar-refractivity contribution >= 4 is 5.91 Å². The van der Waals surface area contributed by atoms with Crippen LogP contribution in [0.2, 0.25) is 0 Å². The average molecular weight is 383 g/mol. The van der Waals surface area contributed by atoms with E-state index < -0.39 is 0 Å². The highest BCUT2D eigenvalue weighted by Gasteiger charge is 2.32. The third kappa shape index (κ3) is 4.41. The van der Waals surface area contributed by atoms with Gasteiger partial charge in [0.05, 0.1) is 11.6 Å². The van der Waals surface area contributed by atoms with E-state index in [2.05, 4.69) is 25.1 Å². The van der Waals surface area contributed by atoms with Gasteiger partial charge in [0, 0.05) is 38.6 Å². The Kier molecular flexibility index (Phi) is 6.00. The minimum absolute atomic E-state index is 0.0140. The molecule has 1 saturated heterocycles. The van der Waals surface area contributed by atoms with Crippen LogP contribution in [0.5, 0.6) is 0 Å². The molecule has 1 aliphatic carbocycles. The first-order valence-electron chi connectivity index (χ1n) is 10.5. The van der Waals surface area contributed by atoms with Gasteiger partial charge in [0.15, 0.2) is 5.82 Å². The van der Waals surface area contributed by atoms with E-state index in [4.69, 9.17) is 0 Å². The lowest BCUT2D eigenvalue weighted by molar-refractivity contribution is 0.0676. The summed E-state index contributed by atoms with van der Waals surface area (Å²) in [4.78, 5) is 26.4. The Bertz CT molecular complexity index is 770. The lowest BCUT2D eigenvalue weighted by atomic mass is 9.89. The number of nitrogens with one attached hydrogen (secondary N) is 1. The molecule has 2 aromatic rings. The van der Waals surface area contributed by atoms with Crippen LogP contribution in [0, 0.1) is 12.8 Å². The van der Waals surface area contributed by atoms with Gasteiger partial charge in [-0.15, -0.1) is 0 Å². The summed E-state index contributed by atoms with van der Waals surface area (Å²) in [6, 6.07) is 3.54. The van der Waals surface area contributed by atoms with Crippen LogP contribution in [-0.2, 0) is 0 Å². The number of aromatic amines is 1. The first-order valence-corrected chi connectivity index (χ1v) is 10.5. The Hall–Kier alpha value is -2.28. The summed E-state index contributed by atoms with van der Waals surface area (Å²) in [6.07, 6.45) is 11.0. The van der Waals surface area contributed by atoms with E-state index in [0.717, 1.165) is 37.8 Å². The van der Waals surface area contributed by atoms with Crippen molar-refractivity contribution in [2.45, 2.75) is 51.5 Å². The smallest absolute Gasteiger partial charge is 0.256 e. The lowest BCUT2D eigenvalue weighted by Gasteiger charge is -2.29. The summed E-state index contributed by atoms with van der Waals surface area (Å²) < 4.78 is 0. The van der Waals surface area contributed by atoms with Gasteiger partial charge in [0.2, 0.25) is 0 Å². The van der Waals surface area contributed by atoms with Gasteiger partial charge in [-0.25, -0.2) is 4.98 Å². The van der Waals surface area contributed by atoms with E-state index in [1.807, 2.05) is 24.0 Å².